The predicted octanol–water partition coefficient (Wildman–Crippen LogP) is 1.68. The van der Waals surface area contributed by atoms with Crippen LogP contribution in [0.4, 0.5) is 5.82 Å². The van der Waals surface area contributed by atoms with Gasteiger partial charge in [-0.3, -0.25) is 14.4 Å². The maximum Gasteiger partial charge on any atom is 0.339 e. The molecule has 4 N–H and O–H groups in total. The van der Waals surface area contributed by atoms with Crippen molar-refractivity contribution >= 4 is 23.3 Å². The Morgan fingerprint density at radius 3 is 2.78 bits per heavy atom. The zero-order chi connectivity index (χ0) is 16.8. The Morgan fingerprint density at radius 2 is 2.13 bits per heavy atom. The number of aryl methyl sites for hydroxylation is 1. The number of aromatic nitrogens is 2. The van der Waals surface area contributed by atoms with E-state index in [1.807, 2.05) is 0 Å². The van der Waals surface area contributed by atoms with Gasteiger partial charge in [-0.05, 0) is 25.0 Å². The highest BCUT2D eigenvalue weighted by Gasteiger charge is 2.17. The van der Waals surface area contributed by atoms with Crippen LogP contribution in [-0.4, -0.2) is 38.1 Å². The van der Waals surface area contributed by atoms with Crippen LogP contribution in [0.15, 0.2) is 18.3 Å². The molecule has 0 aliphatic heterocycles. The van der Waals surface area contributed by atoms with Crippen LogP contribution in [-0.2, 0) is 11.2 Å². The van der Waals surface area contributed by atoms with Gasteiger partial charge in [-0.1, -0.05) is 19.8 Å². The molecular weight excluding hydrogens is 300 g/mol. The van der Waals surface area contributed by atoms with E-state index in [0.29, 0.717) is 23.6 Å². The molecule has 0 radical (unpaired) electrons. The summed E-state index contributed by atoms with van der Waals surface area (Å²) in [6, 6.07) is 3.11. The van der Waals surface area contributed by atoms with Crippen LogP contribution in [0.25, 0.3) is 5.65 Å². The molecule has 2 aromatic heterocycles. The molecule has 0 bridgehead atoms. The van der Waals surface area contributed by atoms with Gasteiger partial charge in [0.05, 0.1) is 12.2 Å². The van der Waals surface area contributed by atoms with Gasteiger partial charge < -0.3 is 10.4 Å². The minimum Gasteiger partial charge on any atom is -0.478 e. The second-order valence-electron chi connectivity index (χ2n) is 5.17. The Bertz CT molecular complexity index is 711. The van der Waals surface area contributed by atoms with Gasteiger partial charge in [-0.15, -0.1) is 0 Å². The first kappa shape index (κ1) is 16.8. The van der Waals surface area contributed by atoms with Gasteiger partial charge in [0.1, 0.15) is 11.4 Å². The van der Waals surface area contributed by atoms with E-state index in [-0.39, 0.29) is 12.1 Å². The molecule has 23 heavy (non-hydrogen) atoms. The number of hydrogen-bond donors (Lipinski definition) is 4. The summed E-state index contributed by atoms with van der Waals surface area (Å²) < 4.78 is 1.62. The van der Waals surface area contributed by atoms with E-state index in [1.165, 1.54) is 6.07 Å². The van der Waals surface area contributed by atoms with Crippen LogP contribution in [0.2, 0.25) is 0 Å². The number of fused-ring (bicyclic) bond motifs is 1. The Hall–Kier alpha value is -2.61. The van der Waals surface area contributed by atoms with Crippen LogP contribution < -0.4 is 10.8 Å². The van der Waals surface area contributed by atoms with E-state index in [2.05, 4.69) is 17.2 Å². The first-order valence-corrected chi connectivity index (χ1v) is 7.48. The summed E-state index contributed by atoms with van der Waals surface area (Å²) in [4.78, 5) is 27.0. The number of nitrogens with zero attached hydrogens (tertiary/aromatic N) is 2. The molecule has 0 atom stereocenters. The van der Waals surface area contributed by atoms with Gasteiger partial charge in [0.2, 0.25) is 0 Å². The third-order valence-electron chi connectivity index (χ3n) is 3.51. The van der Waals surface area contributed by atoms with E-state index in [1.54, 1.807) is 22.1 Å². The van der Waals surface area contributed by atoms with E-state index in [0.717, 1.165) is 19.3 Å². The predicted molar refractivity (Wildman–Crippen MR) is 83.8 cm³/mol. The maximum absolute atomic E-state index is 11.3. The quantitative estimate of drug-likeness (QED) is 0.334. The monoisotopic (exact) mass is 320 g/mol. The normalized spacial score (nSPS) is 10.7. The minimum atomic E-state index is -1.06. The summed E-state index contributed by atoms with van der Waals surface area (Å²) in [6.45, 7) is 1.96. The molecule has 2 aromatic rings. The minimum absolute atomic E-state index is 0.101. The topological polar surface area (TPSA) is 116 Å². The number of unbranched alkanes of at least 4 members (excludes halogenated alkanes) is 2. The molecule has 8 nitrogen and oxygen atoms in total. The van der Waals surface area contributed by atoms with Gasteiger partial charge in [-0.2, -0.15) is 0 Å². The summed E-state index contributed by atoms with van der Waals surface area (Å²) >= 11 is 0. The number of amides is 1. The number of rotatable bonds is 8. The van der Waals surface area contributed by atoms with Gasteiger partial charge in [0.15, 0.2) is 5.65 Å². The van der Waals surface area contributed by atoms with Crippen molar-refractivity contribution in [2.24, 2.45) is 0 Å². The van der Waals surface area contributed by atoms with Gasteiger partial charge in [0, 0.05) is 6.20 Å². The highest BCUT2D eigenvalue weighted by atomic mass is 16.5. The third kappa shape index (κ3) is 3.78. The lowest BCUT2D eigenvalue weighted by Gasteiger charge is -2.08. The van der Waals surface area contributed by atoms with Crippen LogP contribution in [0.3, 0.4) is 0 Å². The summed E-state index contributed by atoms with van der Waals surface area (Å²) in [5.74, 6) is -1.07. The molecule has 0 spiro atoms. The molecule has 1 amide bonds. The zero-order valence-corrected chi connectivity index (χ0v) is 12.9. The number of pyridine rings is 1. The lowest BCUT2D eigenvalue weighted by Crippen LogP contribution is -2.27. The molecule has 124 valence electrons. The Labute approximate surface area is 133 Å². The fourth-order valence-corrected chi connectivity index (χ4v) is 2.39. The Kier molecular flexibility index (Phi) is 5.53. The second kappa shape index (κ2) is 7.59. The molecule has 0 saturated carbocycles. The number of anilines is 1. The van der Waals surface area contributed by atoms with Crippen LogP contribution >= 0.6 is 0 Å². The number of hydrogen-bond acceptors (Lipinski definition) is 5. The fourth-order valence-electron chi connectivity index (χ4n) is 2.39. The standard InChI is InChI=1S/C15H20N4O4/c1-2-3-4-7-11-14(16-9-12(20)18-23)19-8-5-6-10(15(21)22)13(19)17-11/h5-6,8,16,23H,2-4,7,9H2,1H3,(H,18,20)(H,21,22). The number of aromatic carboxylic acids is 1. The van der Waals surface area contributed by atoms with Gasteiger partial charge in [0.25, 0.3) is 5.91 Å². The molecule has 8 heteroatoms. The lowest BCUT2D eigenvalue weighted by atomic mass is 10.1. The molecule has 0 saturated heterocycles. The number of hydroxylamine groups is 1. The van der Waals surface area contributed by atoms with Crippen molar-refractivity contribution in [2.45, 2.75) is 32.6 Å². The molecule has 2 heterocycles. The van der Waals surface area contributed by atoms with Gasteiger partial charge in [-0.25, -0.2) is 15.3 Å². The number of carboxylic acid groups (broad SMARTS) is 1. The Morgan fingerprint density at radius 1 is 1.35 bits per heavy atom. The number of nitrogens with one attached hydrogen (secondary N) is 2. The summed E-state index contributed by atoms with van der Waals surface area (Å²) in [6.07, 6.45) is 5.39. The number of carbonyl (C=O) groups is 2. The van der Waals surface area contributed by atoms with Crippen molar-refractivity contribution in [2.75, 3.05) is 11.9 Å². The molecule has 0 aromatic carbocycles. The lowest BCUT2D eigenvalue weighted by molar-refractivity contribution is -0.127. The average molecular weight is 320 g/mol. The first-order chi connectivity index (χ1) is 11.1. The Balaban J connectivity index is 2.41. The highest BCUT2D eigenvalue weighted by molar-refractivity contribution is 5.95. The van der Waals surface area contributed by atoms with Crippen LogP contribution in [0.1, 0.15) is 42.2 Å². The molecule has 0 unspecified atom stereocenters. The van der Waals surface area contributed by atoms with E-state index >= 15 is 0 Å². The average Bonchev–Trinajstić information content (AvgIpc) is 2.90. The van der Waals surface area contributed by atoms with Crippen molar-refractivity contribution in [3.8, 4) is 0 Å². The zero-order valence-electron chi connectivity index (χ0n) is 12.9. The van der Waals surface area contributed by atoms with E-state index in [9.17, 15) is 14.7 Å². The van der Waals surface area contributed by atoms with Crippen LogP contribution in [0.5, 0.6) is 0 Å². The highest BCUT2D eigenvalue weighted by Crippen LogP contribution is 2.22. The van der Waals surface area contributed by atoms with Gasteiger partial charge >= 0.3 is 5.97 Å². The van der Waals surface area contributed by atoms with Crippen molar-refractivity contribution in [3.05, 3.63) is 29.6 Å². The number of carbonyl (C=O) groups excluding carboxylic acids is 1. The molecule has 0 fully saturated rings. The number of imidazole rings is 1. The van der Waals surface area contributed by atoms with Crippen molar-refractivity contribution < 1.29 is 19.9 Å². The second-order valence-corrected chi connectivity index (χ2v) is 5.17. The first-order valence-electron chi connectivity index (χ1n) is 7.48. The molecule has 2 rings (SSSR count). The van der Waals surface area contributed by atoms with Crippen LogP contribution in [0, 0.1) is 0 Å². The largest absolute Gasteiger partial charge is 0.478 e. The smallest absolute Gasteiger partial charge is 0.339 e. The summed E-state index contributed by atoms with van der Waals surface area (Å²) in [5, 5.41) is 20.8. The molecule has 0 aliphatic carbocycles. The van der Waals surface area contributed by atoms with E-state index in [4.69, 9.17) is 5.21 Å². The molecule has 0 aliphatic rings. The third-order valence-corrected chi connectivity index (χ3v) is 3.51. The molecular formula is C15H20N4O4. The maximum atomic E-state index is 11.3. The SMILES string of the molecule is CCCCCc1nc2c(C(=O)O)cccn2c1NCC(=O)NO. The van der Waals surface area contributed by atoms with Crippen molar-refractivity contribution in [1.82, 2.24) is 14.9 Å². The van der Waals surface area contributed by atoms with E-state index < -0.39 is 11.9 Å². The summed E-state index contributed by atoms with van der Waals surface area (Å²) in [7, 11) is 0. The number of carboxylic acids is 1. The van der Waals surface area contributed by atoms with Crippen molar-refractivity contribution in [1.29, 1.82) is 0 Å². The summed E-state index contributed by atoms with van der Waals surface area (Å²) in [5.41, 5.74) is 2.69. The fraction of sp³-hybridized carbons (Fsp3) is 0.400. The van der Waals surface area contributed by atoms with Crippen molar-refractivity contribution in [3.63, 3.8) is 0 Å².